The summed E-state index contributed by atoms with van der Waals surface area (Å²) in [6.07, 6.45) is 7.86. The molecule has 5 nitrogen and oxygen atoms in total. The van der Waals surface area contributed by atoms with Crippen molar-refractivity contribution in [3.8, 4) is 0 Å². The number of likely N-dealkylation sites (tertiary alicyclic amines) is 1. The van der Waals surface area contributed by atoms with Crippen molar-refractivity contribution in [2.24, 2.45) is 5.84 Å². The van der Waals surface area contributed by atoms with E-state index in [-0.39, 0.29) is 11.6 Å². The third-order valence-electron chi connectivity index (χ3n) is 4.76. The molecule has 1 aromatic rings. The molecule has 1 fully saturated rings. The summed E-state index contributed by atoms with van der Waals surface area (Å²) in [5.74, 6) is 6.43. The summed E-state index contributed by atoms with van der Waals surface area (Å²) in [7, 11) is 0. The molecule has 0 radical (unpaired) electrons. The van der Waals surface area contributed by atoms with E-state index >= 15 is 0 Å². The number of hydrogen-bond donors (Lipinski definition) is 3. The lowest BCUT2D eigenvalue weighted by Crippen LogP contribution is -2.60. The average molecular weight is 291 g/mol. The molecule has 1 atom stereocenters. The first-order valence-corrected chi connectivity index (χ1v) is 7.95. The summed E-state index contributed by atoms with van der Waals surface area (Å²) in [5, 5.41) is 0. The van der Waals surface area contributed by atoms with Gasteiger partial charge in [-0.1, -0.05) is 12.8 Å². The van der Waals surface area contributed by atoms with Crippen molar-refractivity contribution in [3.63, 3.8) is 0 Å². The fourth-order valence-electron chi connectivity index (χ4n) is 3.24. The molecule has 1 saturated heterocycles. The van der Waals surface area contributed by atoms with E-state index in [9.17, 15) is 0 Å². The zero-order valence-corrected chi connectivity index (χ0v) is 13.3. The lowest BCUT2D eigenvalue weighted by atomic mass is 9.87. The summed E-state index contributed by atoms with van der Waals surface area (Å²) in [4.78, 5) is 6.63. The number of nitrogens with one attached hydrogen (secondary N) is 1. The Morgan fingerprint density at radius 1 is 1.29 bits per heavy atom. The summed E-state index contributed by atoms with van der Waals surface area (Å²) in [6.45, 7) is 6.88. The molecule has 2 rings (SSSR count). The minimum Gasteiger partial charge on any atom is -0.384 e. The maximum Gasteiger partial charge on any atom is 0.123 e. The van der Waals surface area contributed by atoms with Crippen LogP contribution in [0.4, 0.5) is 5.82 Å². The minimum atomic E-state index is 0.0110. The summed E-state index contributed by atoms with van der Waals surface area (Å²) in [6, 6.07) is 4.12. The van der Waals surface area contributed by atoms with E-state index in [1.165, 1.54) is 31.2 Å². The number of hydrogen-bond acceptors (Lipinski definition) is 5. The van der Waals surface area contributed by atoms with E-state index in [2.05, 4.69) is 29.2 Å². The van der Waals surface area contributed by atoms with Crippen molar-refractivity contribution >= 4 is 5.82 Å². The van der Waals surface area contributed by atoms with Gasteiger partial charge in [0, 0.05) is 17.8 Å². The van der Waals surface area contributed by atoms with Gasteiger partial charge in [-0.3, -0.25) is 16.2 Å². The first-order valence-electron chi connectivity index (χ1n) is 7.95. The van der Waals surface area contributed by atoms with Crippen LogP contribution in [-0.4, -0.2) is 34.6 Å². The monoisotopic (exact) mass is 291 g/mol. The molecular weight excluding hydrogens is 262 g/mol. The van der Waals surface area contributed by atoms with E-state index in [1.54, 1.807) is 6.20 Å². The molecular formula is C16H29N5. The Bertz CT molecular complexity index is 438. The van der Waals surface area contributed by atoms with Gasteiger partial charge in [0.1, 0.15) is 5.82 Å². The maximum atomic E-state index is 5.87. The quantitative estimate of drug-likeness (QED) is 0.568. The third-order valence-corrected chi connectivity index (χ3v) is 4.76. The highest BCUT2D eigenvalue weighted by Crippen LogP contribution is 2.25. The van der Waals surface area contributed by atoms with Crippen molar-refractivity contribution < 1.29 is 0 Å². The Hall–Kier alpha value is -1.17. The Morgan fingerprint density at radius 2 is 1.95 bits per heavy atom. The molecule has 0 bridgehead atoms. The third kappa shape index (κ3) is 4.15. The highest BCUT2D eigenvalue weighted by Gasteiger charge is 2.35. The predicted octanol–water partition coefficient (Wildman–Crippen LogP) is 1.69. The molecule has 5 heteroatoms. The van der Waals surface area contributed by atoms with Gasteiger partial charge in [-0.05, 0) is 63.9 Å². The van der Waals surface area contributed by atoms with Crippen LogP contribution >= 0.6 is 0 Å². The second-order valence-electron chi connectivity index (χ2n) is 6.57. The molecule has 118 valence electrons. The van der Waals surface area contributed by atoms with Crippen molar-refractivity contribution in [2.45, 2.75) is 57.5 Å². The molecule has 1 aliphatic rings. The van der Waals surface area contributed by atoms with Gasteiger partial charge >= 0.3 is 0 Å². The van der Waals surface area contributed by atoms with E-state index < -0.39 is 0 Å². The molecule has 21 heavy (non-hydrogen) atoms. The van der Waals surface area contributed by atoms with Crippen LogP contribution < -0.4 is 17.0 Å². The average Bonchev–Trinajstić information content (AvgIpc) is 2.74. The van der Waals surface area contributed by atoms with Crippen molar-refractivity contribution in [2.75, 3.05) is 18.8 Å². The van der Waals surface area contributed by atoms with Crippen LogP contribution in [0.5, 0.6) is 0 Å². The van der Waals surface area contributed by atoms with Crippen LogP contribution in [0.1, 0.15) is 45.1 Å². The SMILES string of the molecule is CC(C)(C(Cc1ccnc(N)c1)NN)N1CCCCCC1. The van der Waals surface area contributed by atoms with Gasteiger partial charge < -0.3 is 5.73 Å². The first-order chi connectivity index (χ1) is 10.0. The van der Waals surface area contributed by atoms with Crippen LogP contribution in [0.3, 0.4) is 0 Å². The van der Waals surface area contributed by atoms with Crippen LogP contribution in [0.15, 0.2) is 18.3 Å². The molecule has 0 aromatic carbocycles. The number of nitrogens with two attached hydrogens (primary N) is 2. The van der Waals surface area contributed by atoms with Crippen molar-refractivity contribution in [3.05, 3.63) is 23.9 Å². The van der Waals surface area contributed by atoms with E-state index in [4.69, 9.17) is 11.6 Å². The van der Waals surface area contributed by atoms with E-state index in [0.717, 1.165) is 19.5 Å². The summed E-state index contributed by atoms with van der Waals surface area (Å²) in [5.41, 5.74) is 9.99. The number of pyridine rings is 1. The molecule has 0 spiro atoms. The van der Waals surface area contributed by atoms with Crippen LogP contribution in [0.25, 0.3) is 0 Å². The lowest BCUT2D eigenvalue weighted by Gasteiger charge is -2.43. The zero-order valence-electron chi connectivity index (χ0n) is 13.3. The Labute approximate surface area is 128 Å². The van der Waals surface area contributed by atoms with Crippen molar-refractivity contribution in [1.29, 1.82) is 0 Å². The molecule has 1 aromatic heterocycles. The van der Waals surface area contributed by atoms with Crippen LogP contribution in [-0.2, 0) is 6.42 Å². The molecule has 0 aliphatic carbocycles. The zero-order chi connectivity index (χ0) is 15.3. The van der Waals surface area contributed by atoms with E-state index in [1.807, 2.05) is 12.1 Å². The van der Waals surface area contributed by atoms with Gasteiger partial charge in [0.05, 0.1) is 0 Å². The molecule has 0 saturated carbocycles. The van der Waals surface area contributed by atoms with Gasteiger partial charge in [0.25, 0.3) is 0 Å². The Morgan fingerprint density at radius 3 is 2.52 bits per heavy atom. The number of anilines is 1. The van der Waals surface area contributed by atoms with Crippen LogP contribution in [0.2, 0.25) is 0 Å². The topological polar surface area (TPSA) is 80.2 Å². The number of nitrogens with zero attached hydrogens (tertiary/aromatic N) is 2. The fourth-order valence-corrected chi connectivity index (χ4v) is 3.24. The summed E-state index contributed by atoms with van der Waals surface area (Å²) >= 11 is 0. The largest absolute Gasteiger partial charge is 0.384 e. The summed E-state index contributed by atoms with van der Waals surface area (Å²) < 4.78 is 0. The highest BCUT2D eigenvalue weighted by molar-refractivity contribution is 5.32. The predicted molar refractivity (Wildman–Crippen MR) is 87.6 cm³/mol. The normalized spacial score (nSPS) is 19.2. The molecule has 5 N–H and O–H groups in total. The molecule has 1 unspecified atom stereocenters. The van der Waals surface area contributed by atoms with E-state index in [0.29, 0.717) is 5.82 Å². The number of nitrogen functional groups attached to an aromatic ring is 1. The van der Waals surface area contributed by atoms with Gasteiger partial charge in [-0.15, -0.1) is 0 Å². The Balaban J connectivity index is 2.10. The second kappa shape index (κ2) is 7.20. The van der Waals surface area contributed by atoms with Gasteiger partial charge in [0.15, 0.2) is 0 Å². The number of hydrazine groups is 1. The smallest absolute Gasteiger partial charge is 0.123 e. The number of aromatic nitrogens is 1. The fraction of sp³-hybridized carbons (Fsp3) is 0.688. The minimum absolute atomic E-state index is 0.0110. The molecule has 0 amide bonds. The van der Waals surface area contributed by atoms with Crippen LogP contribution in [0, 0.1) is 0 Å². The Kier molecular flexibility index (Phi) is 5.56. The lowest BCUT2D eigenvalue weighted by molar-refractivity contribution is 0.0835. The second-order valence-corrected chi connectivity index (χ2v) is 6.57. The van der Waals surface area contributed by atoms with Crippen molar-refractivity contribution in [1.82, 2.24) is 15.3 Å². The van der Waals surface area contributed by atoms with Gasteiger partial charge in [-0.25, -0.2) is 4.98 Å². The van der Waals surface area contributed by atoms with Gasteiger partial charge in [-0.2, -0.15) is 0 Å². The molecule has 2 heterocycles. The van der Waals surface area contributed by atoms with Gasteiger partial charge in [0.2, 0.25) is 0 Å². The standard InChI is InChI=1S/C16H29N5/c1-16(2,21-9-5-3-4-6-10-21)14(20-18)11-13-7-8-19-15(17)12-13/h7-8,12,14,20H,3-6,9-11,18H2,1-2H3,(H2,17,19). The first kappa shape index (κ1) is 16.2. The highest BCUT2D eigenvalue weighted by atomic mass is 15.3. The molecule has 1 aliphatic heterocycles. The number of rotatable bonds is 5. The maximum absolute atomic E-state index is 5.87.